The zero-order valence-corrected chi connectivity index (χ0v) is 24.5. The standard InChI is InChI=1S/C34H42N2O2.CH2O2/c1-24(2)34(38)31-12-11-28-16-19-36(20-17-30(28)23-31)18-15-25-8-13-32(14-9-25)35-33(37)22-26-7-10-27-5-3-4-6-29(27)21-26;2-1-3/h3-7,10-12,21,23-25,32H,8-9,13-20,22H2,1-2H3,(H,35,37);1H,(H,2,3). The summed E-state index contributed by atoms with van der Waals surface area (Å²) in [7, 11) is 0. The van der Waals surface area contributed by atoms with Crippen molar-refractivity contribution in [2.75, 3.05) is 19.6 Å². The Hall–Kier alpha value is -3.51. The van der Waals surface area contributed by atoms with Crippen LogP contribution in [0, 0.1) is 11.8 Å². The number of hydrogen-bond donors (Lipinski definition) is 2. The second kappa shape index (κ2) is 14.9. The molecule has 218 valence electrons. The first-order chi connectivity index (χ1) is 19.9. The number of Topliss-reactive ketones (excluding diaryl/α,β-unsaturated/α-hetero) is 1. The lowest BCUT2D eigenvalue weighted by atomic mass is 9.84. The zero-order chi connectivity index (χ0) is 29.2. The molecular weight excluding hydrogens is 512 g/mol. The maximum Gasteiger partial charge on any atom is 0.290 e. The van der Waals surface area contributed by atoms with Crippen molar-refractivity contribution in [3.63, 3.8) is 0 Å². The molecule has 1 saturated carbocycles. The first-order valence-electron chi connectivity index (χ1n) is 15.1. The lowest BCUT2D eigenvalue weighted by Gasteiger charge is -2.30. The Morgan fingerprint density at radius 3 is 2.32 bits per heavy atom. The second-order valence-electron chi connectivity index (χ2n) is 11.9. The van der Waals surface area contributed by atoms with Gasteiger partial charge in [-0.1, -0.05) is 68.4 Å². The van der Waals surface area contributed by atoms with Gasteiger partial charge >= 0.3 is 0 Å². The molecule has 2 aliphatic rings. The van der Waals surface area contributed by atoms with Crippen molar-refractivity contribution in [2.24, 2.45) is 11.8 Å². The summed E-state index contributed by atoms with van der Waals surface area (Å²) in [5, 5.41) is 12.6. The van der Waals surface area contributed by atoms with Gasteiger partial charge in [0.2, 0.25) is 5.91 Å². The molecule has 6 nitrogen and oxygen atoms in total. The van der Waals surface area contributed by atoms with Crippen LogP contribution in [0.5, 0.6) is 0 Å². The Labute approximate surface area is 244 Å². The van der Waals surface area contributed by atoms with E-state index in [9.17, 15) is 9.59 Å². The van der Waals surface area contributed by atoms with Crippen molar-refractivity contribution in [1.82, 2.24) is 10.2 Å². The van der Waals surface area contributed by atoms with E-state index >= 15 is 0 Å². The number of nitrogens with one attached hydrogen (secondary N) is 1. The van der Waals surface area contributed by atoms with Crippen LogP contribution >= 0.6 is 0 Å². The summed E-state index contributed by atoms with van der Waals surface area (Å²) in [6.45, 7) is 7.03. The van der Waals surface area contributed by atoms with Crippen molar-refractivity contribution >= 4 is 28.9 Å². The van der Waals surface area contributed by atoms with Crippen molar-refractivity contribution in [3.8, 4) is 0 Å². The van der Waals surface area contributed by atoms with E-state index in [1.165, 1.54) is 41.2 Å². The third-order valence-electron chi connectivity index (χ3n) is 8.65. The summed E-state index contributed by atoms with van der Waals surface area (Å²) in [4.78, 5) is 36.1. The molecule has 3 aromatic carbocycles. The Morgan fingerprint density at radius 1 is 0.927 bits per heavy atom. The summed E-state index contributed by atoms with van der Waals surface area (Å²) in [6, 6.07) is 21.3. The molecule has 5 rings (SSSR count). The fraction of sp³-hybridized carbons (Fsp3) is 0.457. The van der Waals surface area contributed by atoms with Gasteiger partial charge in [0.25, 0.3) is 6.47 Å². The van der Waals surface area contributed by atoms with Gasteiger partial charge in [0.05, 0.1) is 6.42 Å². The molecule has 1 amide bonds. The van der Waals surface area contributed by atoms with E-state index in [0.29, 0.717) is 12.5 Å². The number of nitrogens with zero attached hydrogens (tertiary/aromatic N) is 1. The van der Waals surface area contributed by atoms with Crippen LogP contribution in [0.1, 0.15) is 73.0 Å². The van der Waals surface area contributed by atoms with Crippen LogP contribution in [-0.2, 0) is 28.9 Å². The van der Waals surface area contributed by atoms with Crippen LogP contribution < -0.4 is 5.32 Å². The molecule has 1 heterocycles. The van der Waals surface area contributed by atoms with Gasteiger partial charge in [-0.25, -0.2) is 0 Å². The zero-order valence-electron chi connectivity index (χ0n) is 24.5. The molecule has 6 heteroatoms. The highest BCUT2D eigenvalue weighted by Gasteiger charge is 2.24. The summed E-state index contributed by atoms with van der Waals surface area (Å²) in [6.07, 6.45) is 8.39. The maximum atomic E-state index is 12.7. The van der Waals surface area contributed by atoms with Gasteiger partial charge in [-0.3, -0.25) is 14.4 Å². The third kappa shape index (κ3) is 8.74. The van der Waals surface area contributed by atoms with Gasteiger partial charge in [-0.05, 0) is 90.9 Å². The Morgan fingerprint density at radius 2 is 1.61 bits per heavy atom. The van der Waals surface area contributed by atoms with E-state index < -0.39 is 0 Å². The normalized spacial score (nSPS) is 19.0. The molecule has 1 aliphatic carbocycles. The fourth-order valence-corrected chi connectivity index (χ4v) is 6.26. The van der Waals surface area contributed by atoms with Gasteiger partial charge in [-0.15, -0.1) is 0 Å². The van der Waals surface area contributed by atoms with Crippen LogP contribution in [0.4, 0.5) is 0 Å². The number of rotatable bonds is 8. The molecule has 0 unspecified atom stereocenters. The fourth-order valence-electron chi connectivity index (χ4n) is 6.26. The predicted molar refractivity (Wildman–Crippen MR) is 164 cm³/mol. The molecule has 2 N–H and O–H groups in total. The monoisotopic (exact) mass is 556 g/mol. The van der Waals surface area contributed by atoms with E-state index in [4.69, 9.17) is 9.90 Å². The van der Waals surface area contributed by atoms with E-state index in [1.54, 1.807) is 0 Å². The molecule has 41 heavy (non-hydrogen) atoms. The van der Waals surface area contributed by atoms with Crippen molar-refractivity contribution in [1.29, 1.82) is 0 Å². The van der Waals surface area contributed by atoms with E-state index in [-0.39, 0.29) is 24.1 Å². The van der Waals surface area contributed by atoms with Crippen molar-refractivity contribution in [2.45, 2.75) is 71.3 Å². The number of carboxylic acid groups (broad SMARTS) is 1. The van der Waals surface area contributed by atoms with Crippen LogP contribution in [-0.4, -0.2) is 53.8 Å². The second-order valence-corrected chi connectivity index (χ2v) is 11.9. The number of carbonyl (C=O) groups is 3. The minimum atomic E-state index is -0.250. The van der Waals surface area contributed by atoms with Crippen molar-refractivity contribution in [3.05, 3.63) is 82.9 Å². The highest BCUT2D eigenvalue weighted by atomic mass is 16.3. The van der Waals surface area contributed by atoms with Gasteiger partial charge in [0.15, 0.2) is 5.78 Å². The molecule has 0 radical (unpaired) electrons. The number of amides is 1. The average molecular weight is 557 g/mol. The minimum Gasteiger partial charge on any atom is -0.483 e. The predicted octanol–water partition coefficient (Wildman–Crippen LogP) is 6.09. The van der Waals surface area contributed by atoms with Crippen LogP contribution in [0.3, 0.4) is 0 Å². The molecule has 3 aromatic rings. The Balaban J connectivity index is 0.00000124. The molecule has 0 atom stereocenters. The molecule has 1 fully saturated rings. The Kier molecular flexibility index (Phi) is 11.1. The minimum absolute atomic E-state index is 0.0448. The topological polar surface area (TPSA) is 86.7 Å². The van der Waals surface area contributed by atoms with Gasteiger partial charge in [0, 0.05) is 30.6 Å². The SMILES string of the molecule is CC(C)C(=O)c1ccc2c(c1)CCN(CCC1CCC(NC(=O)Cc3ccc4ccccc4c3)CC1)CC2.O=CO. The number of ketones is 1. The average Bonchev–Trinajstić information content (AvgIpc) is 3.18. The van der Waals surface area contributed by atoms with E-state index in [1.807, 2.05) is 32.0 Å². The third-order valence-corrected chi connectivity index (χ3v) is 8.65. The summed E-state index contributed by atoms with van der Waals surface area (Å²) >= 11 is 0. The number of benzene rings is 3. The number of hydrogen-bond acceptors (Lipinski definition) is 4. The van der Waals surface area contributed by atoms with E-state index in [2.05, 4.69) is 52.7 Å². The number of carbonyl (C=O) groups excluding carboxylic acids is 2. The Bertz CT molecular complexity index is 1330. The smallest absolute Gasteiger partial charge is 0.290 e. The van der Waals surface area contributed by atoms with Crippen LogP contribution in [0.25, 0.3) is 10.8 Å². The van der Waals surface area contributed by atoms with Crippen LogP contribution in [0.2, 0.25) is 0 Å². The van der Waals surface area contributed by atoms with Gasteiger partial charge in [-0.2, -0.15) is 0 Å². The van der Waals surface area contributed by atoms with Gasteiger partial charge in [0.1, 0.15) is 0 Å². The van der Waals surface area contributed by atoms with Crippen molar-refractivity contribution < 1.29 is 19.5 Å². The summed E-state index contributed by atoms with van der Waals surface area (Å²) < 4.78 is 0. The van der Waals surface area contributed by atoms with E-state index in [0.717, 1.165) is 62.4 Å². The largest absolute Gasteiger partial charge is 0.483 e. The highest BCUT2D eigenvalue weighted by molar-refractivity contribution is 5.97. The molecule has 0 saturated heterocycles. The molecule has 0 spiro atoms. The first kappa shape index (κ1) is 30.4. The number of fused-ring (bicyclic) bond motifs is 2. The summed E-state index contributed by atoms with van der Waals surface area (Å²) in [5.41, 5.74) is 4.72. The lowest BCUT2D eigenvalue weighted by molar-refractivity contribution is -0.123. The van der Waals surface area contributed by atoms with Gasteiger partial charge < -0.3 is 15.3 Å². The molecule has 0 bridgehead atoms. The summed E-state index contributed by atoms with van der Waals surface area (Å²) in [5.74, 6) is 1.19. The molecule has 0 aromatic heterocycles. The molecular formula is C35H44N2O4. The quantitative estimate of drug-likeness (QED) is 0.259. The first-order valence-corrected chi connectivity index (χ1v) is 15.1. The lowest BCUT2D eigenvalue weighted by Crippen LogP contribution is -2.39. The molecule has 1 aliphatic heterocycles. The van der Waals surface area contributed by atoms with Crippen LogP contribution in [0.15, 0.2) is 60.7 Å². The highest BCUT2D eigenvalue weighted by Crippen LogP contribution is 2.28. The maximum absolute atomic E-state index is 12.7.